The van der Waals surface area contributed by atoms with E-state index in [0.29, 0.717) is 0 Å². The molecule has 0 saturated heterocycles. The number of nitrogens with zero attached hydrogens (tertiary/aromatic N) is 3. The summed E-state index contributed by atoms with van der Waals surface area (Å²) < 4.78 is 3.86. The van der Waals surface area contributed by atoms with Crippen molar-refractivity contribution in [1.82, 2.24) is 20.3 Å². The van der Waals surface area contributed by atoms with Crippen LogP contribution < -0.4 is 5.32 Å². The summed E-state index contributed by atoms with van der Waals surface area (Å²) in [5, 5.41) is 11.5. The third-order valence-electron chi connectivity index (χ3n) is 2.49. The largest absolute Gasteiger partial charge is 0.311 e. The van der Waals surface area contributed by atoms with Gasteiger partial charge in [-0.3, -0.25) is 0 Å². The molecule has 0 aliphatic carbocycles. The van der Waals surface area contributed by atoms with Gasteiger partial charge < -0.3 is 5.32 Å². The molecule has 6 heteroatoms. The Bertz CT molecular complexity index is 525. The van der Waals surface area contributed by atoms with E-state index in [0.717, 1.165) is 39.8 Å². The van der Waals surface area contributed by atoms with Crippen LogP contribution in [0.4, 0.5) is 0 Å². The number of aromatic nitrogens is 3. The molecule has 0 spiro atoms. The quantitative estimate of drug-likeness (QED) is 0.817. The molecule has 96 valence electrons. The lowest BCUT2D eigenvalue weighted by molar-refractivity contribution is 0.640. The van der Waals surface area contributed by atoms with E-state index in [4.69, 9.17) is 0 Å². The number of nitrogens with one attached hydrogen (secondary N) is 1. The molecule has 0 aliphatic heterocycles. The van der Waals surface area contributed by atoms with Gasteiger partial charge in [0, 0.05) is 15.5 Å². The lowest BCUT2D eigenvalue weighted by Gasteiger charge is -2.09. The highest BCUT2D eigenvalue weighted by Crippen LogP contribution is 2.25. The fourth-order valence-electron chi connectivity index (χ4n) is 1.63. The third kappa shape index (κ3) is 3.18. The van der Waals surface area contributed by atoms with Crippen molar-refractivity contribution >= 4 is 31.9 Å². The van der Waals surface area contributed by atoms with Crippen LogP contribution in [-0.4, -0.2) is 21.5 Å². The molecule has 0 unspecified atom stereocenters. The Kier molecular flexibility index (Phi) is 4.91. The summed E-state index contributed by atoms with van der Waals surface area (Å²) in [6, 6.07) is 6.00. The van der Waals surface area contributed by atoms with Gasteiger partial charge in [0.2, 0.25) is 0 Å². The van der Waals surface area contributed by atoms with Crippen molar-refractivity contribution < 1.29 is 0 Å². The molecule has 0 saturated carbocycles. The first-order chi connectivity index (χ1) is 8.72. The Morgan fingerprint density at radius 3 is 2.89 bits per heavy atom. The molecule has 1 aromatic carbocycles. The molecule has 0 amide bonds. The third-order valence-corrected chi connectivity index (χ3v) is 3.62. The standard InChI is InChI=1S/C12H14Br2N4/c1-2-5-15-7-10-8-16-17-18(10)12-4-3-9(13)6-11(12)14/h3-4,6,8,15H,2,5,7H2,1H3. The number of rotatable bonds is 5. The van der Waals surface area contributed by atoms with Crippen molar-refractivity contribution in [2.24, 2.45) is 0 Å². The summed E-state index contributed by atoms with van der Waals surface area (Å²) in [6.45, 7) is 3.91. The molecule has 4 nitrogen and oxygen atoms in total. The molecule has 0 bridgehead atoms. The monoisotopic (exact) mass is 372 g/mol. The Morgan fingerprint density at radius 1 is 1.33 bits per heavy atom. The number of hydrogen-bond acceptors (Lipinski definition) is 3. The Balaban J connectivity index is 2.25. The molecular formula is C12H14Br2N4. The van der Waals surface area contributed by atoms with E-state index in [-0.39, 0.29) is 0 Å². The Morgan fingerprint density at radius 2 is 2.17 bits per heavy atom. The summed E-state index contributed by atoms with van der Waals surface area (Å²) in [6.07, 6.45) is 2.90. The number of halogens is 2. The van der Waals surface area contributed by atoms with Crippen LogP contribution in [0.1, 0.15) is 19.0 Å². The van der Waals surface area contributed by atoms with Crippen LogP contribution in [0.2, 0.25) is 0 Å². The van der Waals surface area contributed by atoms with Gasteiger partial charge in [-0.1, -0.05) is 28.1 Å². The zero-order valence-electron chi connectivity index (χ0n) is 10.0. The Labute approximate surface area is 123 Å². The van der Waals surface area contributed by atoms with E-state index >= 15 is 0 Å². The first-order valence-electron chi connectivity index (χ1n) is 5.78. The van der Waals surface area contributed by atoms with Crippen LogP contribution in [0.25, 0.3) is 5.69 Å². The number of benzene rings is 1. The average molecular weight is 374 g/mol. The summed E-state index contributed by atoms with van der Waals surface area (Å²) in [4.78, 5) is 0. The maximum absolute atomic E-state index is 4.14. The van der Waals surface area contributed by atoms with Gasteiger partial charge in [-0.15, -0.1) is 5.10 Å². The molecular weight excluding hydrogens is 360 g/mol. The van der Waals surface area contributed by atoms with E-state index in [1.54, 1.807) is 6.20 Å². The van der Waals surface area contributed by atoms with Gasteiger partial charge >= 0.3 is 0 Å². The van der Waals surface area contributed by atoms with Crippen LogP contribution in [-0.2, 0) is 6.54 Å². The second kappa shape index (κ2) is 6.45. The summed E-state index contributed by atoms with van der Waals surface area (Å²) in [7, 11) is 0. The summed E-state index contributed by atoms with van der Waals surface area (Å²) in [5.41, 5.74) is 2.04. The first-order valence-corrected chi connectivity index (χ1v) is 7.36. The molecule has 0 radical (unpaired) electrons. The normalized spacial score (nSPS) is 10.8. The van der Waals surface area contributed by atoms with E-state index in [9.17, 15) is 0 Å². The van der Waals surface area contributed by atoms with Crippen molar-refractivity contribution in [3.63, 3.8) is 0 Å². The molecule has 0 fully saturated rings. The van der Waals surface area contributed by atoms with Crippen molar-refractivity contribution in [1.29, 1.82) is 0 Å². The minimum Gasteiger partial charge on any atom is -0.311 e. The molecule has 1 aromatic heterocycles. The molecule has 1 N–H and O–H groups in total. The highest BCUT2D eigenvalue weighted by Gasteiger charge is 2.09. The van der Waals surface area contributed by atoms with E-state index in [1.165, 1.54) is 0 Å². The van der Waals surface area contributed by atoms with E-state index in [1.807, 2.05) is 22.9 Å². The maximum atomic E-state index is 4.14. The van der Waals surface area contributed by atoms with Gasteiger partial charge in [-0.05, 0) is 47.1 Å². The molecule has 18 heavy (non-hydrogen) atoms. The van der Waals surface area contributed by atoms with Gasteiger partial charge in [-0.2, -0.15) is 0 Å². The highest BCUT2D eigenvalue weighted by molar-refractivity contribution is 9.11. The van der Waals surface area contributed by atoms with Gasteiger partial charge in [0.1, 0.15) is 0 Å². The van der Waals surface area contributed by atoms with Crippen LogP contribution >= 0.6 is 31.9 Å². The second-order valence-electron chi connectivity index (χ2n) is 3.91. The minimum atomic E-state index is 0.767. The van der Waals surface area contributed by atoms with E-state index < -0.39 is 0 Å². The van der Waals surface area contributed by atoms with Crippen molar-refractivity contribution in [3.05, 3.63) is 39.0 Å². The fourth-order valence-corrected chi connectivity index (χ4v) is 2.84. The van der Waals surface area contributed by atoms with Crippen LogP contribution in [0.5, 0.6) is 0 Å². The predicted octanol–water partition coefficient (Wildman–Crippen LogP) is 3.29. The summed E-state index contributed by atoms with van der Waals surface area (Å²) in [5.74, 6) is 0. The SMILES string of the molecule is CCCNCc1cnnn1-c1ccc(Br)cc1Br. The van der Waals surface area contributed by atoms with Crippen molar-refractivity contribution in [2.45, 2.75) is 19.9 Å². The van der Waals surface area contributed by atoms with Gasteiger partial charge in [0.15, 0.2) is 0 Å². The maximum Gasteiger partial charge on any atom is 0.0810 e. The molecule has 2 rings (SSSR count). The lowest BCUT2D eigenvalue weighted by Crippen LogP contribution is -2.16. The molecule has 2 aromatic rings. The minimum absolute atomic E-state index is 0.767. The molecule has 0 atom stereocenters. The molecule has 0 aliphatic rings. The van der Waals surface area contributed by atoms with Gasteiger partial charge in [0.05, 0.1) is 17.6 Å². The second-order valence-corrected chi connectivity index (χ2v) is 5.68. The van der Waals surface area contributed by atoms with Crippen LogP contribution in [0.15, 0.2) is 33.3 Å². The average Bonchev–Trinajstić information content (AvgIpc) is 2.78. The zero-order chi connectivity index (χ0) is 13.0. The Hall–Kier alpha value is -0.720. The van der Waals surface area contributed by atoms with E-state index in [2.05, 4.69) is 54.4 Å². The van der Waals surface area contributed by atoms with Crippen molar-refractivity contribution in [3.8, 4) is 5.69 Å². The van der Waals surface area contributed by atoms with Crippen molar-refractivity contribution in [2.75, 3.05) is 6.54 Å². The number of hydrogen-bond donors (Lipinski definition) is 1. The first kappa shape index (κ1) is 13.7. The van der Waals surface area contributed by atoms with Crippen LogP contribution in [0.3, 0.4) is 0 Å². The zero-order valence-corrected chi connectivity index (χ0v) is 13.2. The van der Waals surface area contributed by atoms with Crippen LogP contribution in [0, 0.1) is 0 Å². The fraction of sp³-hybridized carbons (Fsp3) is 0.333. The topological polar surface area (TPSA) is 42.7 Å². The van der Waals surface area contributed by atoms with Gasteiger partial charge in [0.25, 0.3) is 0 Å². The molecule has 1 heterocycles. The smallest absolute Gasteiger partial charge is 0.0810 e. The van der Waals surface area contributed by atoms with Gasteiger partial charge in [-0.25, -0.2) is 4.68 Å². The summed E-state index contributed by atoms with van der Waals surface area (Å²) >= 11 is 6.99. The lowest BCUT2D eigenvalue weighted by atomic mass is 10.3. The predicted molar refractivity (Wildman–Crippen MR) is 78.8 cm³/mol. The highest BCUT2D eigenvalue weighted by atomic mass is 79.9.